The molecule has 2 aliphatic heterocycles. The minimum Gasteiger partial charge on any atom is -0.497 e. The van der Waals surface area contributed by atoms with Gasteiger partial charge >= 0.3 is 0 Å². The molecule has 0 spiro atoms. The molecule has 3 aromatic rings. The van der Waals surface area contributed by atoms with Gasteiger partial charge in [0.05, 0.1) is 76.5 Å². The highest BCUT2D eigenvalue weighted by atomic mass is 16.6. The highest BCUT2D eigenvalue weighted by molar-refractivity contribution is 5.26. The van der Waals surface area contributed by atoms with Gasteiger partial charge in [0.25, 0.3) is 0 Å². The summed E-state index contributed by atoms with van der Waals surface area (Å²) in [5.74, 6) is 1.13. The van der Waals surface area contributed by atoms with Crippen LogP contribution in [0.1, 0.15) is 49.3 Å². The summed E-state index contributed by atoms with van der Waals surface area (Å²) in [5.41, 5.74) is 3.30. The third kappa shape index (κ3) is 9.99. The maximum absolute atomic E-state index is 9.74. The molecule has 0 unspecified atom stereocenters. The summed E-state index contributed by atoms with van der Waals surface area (Å²) in [6.07, 6.45) is 5.32. The average molecular weight is 612 g/mol. The number of ether oxygens (including phenoxy) is 6. The molecule has 0 amide bonds. The Morgan fingerprint density at radius 2 is 1.38 bits per heavy atom. The monoisotopic (exact) mass is 611 g/mol. The molecule has 7 heteroatoms. The lowest BCUT2D eigenvalue weighted by Crippen LogP contribution is -2.52. The third-order valence-electron chi connectivity index (χ3n) is 8.49. The van der Waals surface area contributed by atoms with E-state index in [9.17, 15) is 5.26 Å². The van der Waals surface area contributed by atoms with Gasteiger partial charge < -0.3 is 28.4 Å². The van der Waals surface area contributed by atoms with E-state index in [4.69, 9.17) is 28.4 Å². The minimum absolute atomic E-state index is 0.111. The summed E-state index contributed by atoms with van der Waals surface area (Å²) in [4.78, 5) is 0. The molecule has 2 saturated heterocycles. The SMILES string of the molecule is COc1ccc(CO[C@@H]2C[C@H](C)C[C@@H]3O[C@H](/C=C/COCc4ccccc4)[C@H](OCc4ccccc4)C[C@H]3O[C@H]2CC#N)cc1. The van der Waals surface area contributed by atoms with E-state index in [-0.39, 0.29) is 43.0 Å². The van der Waals surface area contributed by atoms with Gasteiger partial charge in [-0.1, -0.05) is 91.9 Å². The van der Waals surface area contributed by atoms with Crippen molar-refractivity contribution < 1.29 is 28.4 Å². The predicted octanol–water partition coefficient (Wildman–Crippen LogP) is 7.19. The molecule has 0 N–H and O–H groups in total. The lowest BCUT2D eigenvalue weighted by atomic mass is 9.86. The summed E-state index contributed by atoms with van der Waals surface area (Å²) < 4.78 is 37.6. The van der Waals surface area contributed by atoms with Crippen LogP contribution in [0, 0.1) is 17.2 Å². The van der Waals surface area contributed by atoms with Gasteiger partial charge in [-0.25, -0.2) is 0 Å². The first kappa shape index (κ1) is 32.9. The number of hydrogen-bond donors (Lipinski definition) is 0. The lowest BCUT2D eigenvalue weighted by molar-refractivity contribution is -0.224. The third-order valence-corrected chi connectivity index (χ3v) is 8.49. The number of rotatable bonds is 13. The second-order valence-electron chi connectivity index (χ2n) is 12.0. The van der Waals surface area contributed by atoms with Crippen LogP contribution in [-0.2, 0) is 43.5 Å². The lowest BCUT2D eigenvalue weighted by Gasteiger charge is -2.45. The van der Waals surface area contributed by atoms with Crippen molar-refractivity contribution in [3.63, 3.8) is 0 Å². The molecular formula is C38H45NO6. The quantitative estimate of drug-likeness (QED) is 0.149. The van der Waals surface area contributed by atoms with Gasteiger partial charge in [-0.3, -0.25) is 0 Å². The van der Waals surface area contributed by atoms with Gasteiger partial charge in [0, 0.05) is 6.42 Å². The summed E-state index contributed by atoms with van der Waals surface area (Å²) in [6, 6.07) is 30.6. The van der Waals surface area contributed by atoms with Crippen LogP contribution in [0.2, 0.25) is 0 Å². The Kier molecular flexibility index (Phi) is 12.6. The fourth-order valence-electron chi connectivity index (χ4n) is 6.08. The van der Waals surface area contributed by atoms with Crippen LogP contribution in [-0.4, -0.2) is 50.3 Å². The molecule has 0 bridgehead atoms. The van der Waals surface area contributed by atoms with Gasteiger partial charge in [0.15, 0.2) is 0 Å². The summed E-state index contributed by atoms with van der Waals surface area (Å²) in [7, 11) is 1.66. The first-order chi connectivity index (χ1) is 22.1. The van der Waals surface area contributed by atoms with Gasteiger partial charge in [-0.05, 0) is 47.6 Å². The summed E-state index contributed by atoms with van der Waals surface area (Å²) >= 11 is 0. The molecule has 7 atom stereocenters. The maximum Gasteiger partial charge on any atom is 0.118 e. The molecule has 0 aliphatic carbocycles. The minimum atomic E-state index is -0.361. The number of fused-ring (bicyclic) bond motifs is 1. The number of methoxy groups -OCH3 is 1. The second-order valence-corrected chi connectivity index (χ2v) is 12.0. The van der Waals surface area contributed by atoms with E-state index in [1.54, 1.807) is 7.11 Å². The van der Waals surface area contributed by atoms with Crippen molar-refractivity contribution in [2.75, 3.05) is 13.7 Å². The molecule has 45 heavy (non-hydrogen) atoms. The topological polar surface area (TPSA) is 79.2 Å². The molecular weight excluding hydrogens is 566 g/mol. The zero-order valence-electron chi connectivity index (χ0n) is 26.3. The van der Waals surface area contributed by atoms with E-state index in [0.717, 1.165) is 35.3 Å². The molecule has 0 aromatic heterocycles. The van der Waals surface area contributed by atoms with Crippen LogP contribution >= 0.6 is 0 Å². The summed E-state index contributed by atoms with van der Waals surface area (Å²) in [6.45, 7) is 4.20. The second kappa shape index (κ2) is 17.3. The largest absolute Gasteiger partial charge is 0.497 e. The fourth-order valence-corrected chi connectivity index (χ4v) is 6.08. The van der Waals surface area contributed by atoms with Crippen molar-refractivity contribution in [3.8, 4) is 11.8 Å². The average Bonchev–Trinajstić information content (AvgIpc) is 3.07. The smallest absolute Gasteiger partial charge is 0.118 e. The zero-order valence-corrected chi connectivity index (χ0v) is 26.3. The Hall–Kier alpha value is -3.51. The normalized spacial score (nSPS) is 26.8. The first-order valence-electron chi connectivity index (χ1n) is 16.0. The molecule has 238 valence electrons. The van der Waals surface area contributed by atoms with E-state index in [1.807, 2.05) is 66.7 Å². The van der Waals surface area contributed by atoms with Crippen LogP contribution in [0.4, 0.5) is 0 Å². The molecule has 5 rings (SSSR count). The Labute approximate surface area is 267 Å². The van der Waals surface area contributed by atoms with Crippen LogP contribution in [0.25, 0.3) is 0 Å². The number of nitriles is 1. The predicted molar refractivity (Wildman–Crippen MR) is 172 cm³/mol. The van der Waals surface area contributed by atoms with Crippen molar-refractivity contribution in [2.24, 2.45) is 5.92 Å². The molecule has 0 saturated carbocycles. The van der Waals surface area contributed by atoms with Crippen LogP contribution < -0.4 is 4.74 Å². The van der Waals surface area contributed by atoms with Gasteiger partial charge in [-0.15, -0.1) is 0 Å². The Balaban J connectivity index is 1.26. The Morgan fingerprint density at radius 1 is 0.756 bits per heavy atom. The molecule has 2 aliphatic rings. The first-order valence-corrected chi connectivity index (χ1v) is 16.0. The molecule has 0 radical (unpaired) electrons. The Bertz CT molecular complexity index is 1340. The van der Waals surface area contributed by atoms with Crippen LogP contribution in [0.15, 0.2) is 97.1 Å². The zero-order chi connectivity index (χ0) is 31.3. The van der Waals surface area contributed by atoms with Gasteiger partial charge in [0.2, 0.25) is 0 Å². The highest BCUT2D eigenvalue weighted by Crippen LogP contribution is 2.36. The van der Waals surface area contributed by atoms with E-state index < -0.39 is 0 Å². The van der Waals surface area contributed by atoms with Crippen LogP contribution in [0.5, 0.6) is 5.75 Å². The molecule has 7 nitrogen and oxygen atoms in total. The van der Waals surface area contributed by atoms with E-state index >= 15 is 0 Å². The van der Waals surface area contributed by atoms with E-state index in [0.29, 0.717) is 38.8 Å². The number of hydrogen-bond acceptors (Lipinski definition) is 7. The van der Waals surface area contributed by atoms with Gasteiger partial charge in [0.1, 0.15) is 11.9 Å². The van der Waals surface area contributed by atoms with E-state index in [1.165, 1.54) is 0 Å². The van der Waals surface area contributed by atoms with Crippen LogP contribution in [0.3, 0.4) is 0 Å². The fraction of sp³-hybridized carbons (Fsp3) is 0.447. The molecule has 3 aromatic carbocycles. The van der Waals surface area contributed by atoms with Crippen molar-refractivity contribution >= 4 is 0 Å². The van der Waals surface area contributed by atoms with Crippen molar-refractivity contribution in [2.45, 2.75) is 89.1 Å². The van der Waals surface area contributed by atoms with E-state index in [2.05, 4.69) is 43.3 Å². The number of benzene rings is 3. The highest BCUT2D eigenvalue weighted by Gasteiger charge is 2.43. The van der Waals surface area contributed by atoms with Gasteiger partial charge in [-0.2, -0.15) is 5.26 Å². The number of nitrogens with zero attached hydrogens (tertiary/aromatic N) is 1. The Morgan fingerprint density at radius 3 is 2.04 bits per heavy atom. The molecule has 2 heterocycles. The van der Waals surface area contributed by atoms with Crippen molar-refractivity contribution in [3.05, 3.63) is 114 Å². The standard InChI is InChI=1S/C38H45NO6/c1-28-22-35(42-27-31-15-17-32(40-2)18-16-31)34(19-20-39)45-38-24-36(43-26-30-12-7-4-8-13-30)33(44-37(38)23-28)14-9-21-41-25-29-10-5-3-6-11-29/h3-18,28,33-38H,19,21-27H2,1-2H3/b14-9+/t28-,33+,34-,35+,36+,37-,38+/m0/s1. The summed E-state index contributed by atoms with van der Waals surface area (Å²) in [5, 5.41) is 9.74. The van der Waals surface area contributed by atoms with Crippen molar-refractivity contribution in [1.29, 1.82) is 5.26 Å². The van der Waals surface area contributed by atoms with Crippen molar-refractivity contribution in [1.82, 2.24) is 0 Å². The molecule has 2 fully saturated rings. The maximum atomic E-state index is 9.74.